The van der Waals surface area contributed by atoms with Crippen LogP contribution in [0, 0.1) is 0 Å². The monoisotopic (exact) mass is 394 g/mol. The molecule has 1 unspecified atom stereocenters. The topological polar surface area (TPSA) is 76.2 Å². The van der Waals surface area contributed by atoms with E-state index in [1.54, 1.807) is 0 Å². The van der Waals surface area contributed by atoms with Crippen molar-refractivity contribution >= 4 is 34.3 Å². The van der Waals surface area contributed by atoms with E-state index in [0.29, 0.717) is 12.1 Å². The van der Waals surface area contributed by atoms with Gasteiger partial charge in [0.1, 0.15) is 0 Å². The zero-order valence-corrected chi connectivity index (χ0v) is 13.2. The second kappa shape index (κ2) is 8.09. The molecule has 13 heteroatoms. The quantitative estimate of drug-likeness (QED) is 0.310. The van der Waals surface area contributed by atoms with Crippen LogP contribution in [0.4, 0.5) is 32.0 Å². The highest BCUT2D eigenvalue weighted by atomic mass is 32.2. The molecule has 0 aromatic heterocycles. The van der Waals surface area contributed by atoms with E-state index in [0.717, 1.165) is 0 Å². The lowest BCUT2D eigenvalue weighted by Crippen LogP contribution is -2.35. The molecule has 0 spiro atoms. The largest absolute Gasteiger partial charge is 0.760 e. The van der Waals surface area contributed by atoms with Crippen molar-refractivity contribution in [2.24, 2.45) is 0 Å². The predicted octanol–water partition coefficient (Wildman–Crippen LogP) is 2.39. The molecule has 24 heavy (non-hydrogen) atoms. The normalized spacial score (nSPS) is 13.5. The maximum Gasteiger partial charge on any atom is 0.416 e. The lowest BCUT2D eigenvalue weighted by molar-refractivity contribution is -0.143. The SMILES string of the molecule is O=S([O-])NCCNC(=S)Nc1cc(C(F)(F)F)cc(C(F)(F)F)c1. The summed E-state index contributed by atoms with van der Waals surface area (Å²) in [5, 5.41) is 4.36. The molecule has 0 aliphatic carbocycles. The van der Waals surface area contributed by atoms with Crippen LogP contribution in [-0.2, 0) is 23.6 Å². The van der Waals surface area contributed by atoms with Crippen molar-refractivity contribution in [2.45, 2.75) is 12.4 Å². The van der Waals surface area contributed by atoms with Gasteiger partial charge in [-0.05, 0) is 30.4 Å². The van der Waals surface area contributed by atoms with E-state index in [9.17, 15) is 35.1 Å². The van der Waals surface area contributed by atoms with Crippen LogP contribution in [0.3, 0.4) is 0 Å². The van der Waals surface area contributed by atoms with Gasteiger partial charge in [0, 0.05) is 30.0 Å². The Morgan fingerprint density at radius 1 is 1.04 bits per heavy atom. The molecule has 3 N–H and O–H groups in total. The second-order valence-electron chi connectivity index (χ2n) is 4.30. The van der Waals surface area contributed by atoms with Crippen LogP contribution in [0.2, 0.25) is 0 Å². The first kappa shape index (κ1) is 20.6. The minimum atomic E-state index is -4.96. The van der Waals surface area contributed by atoms with Crippen LogP contribution in [0.25, 0.3) is 0 Å². The van der Waals surface area contributed by atoms with Crippen LogP contribution in [0.15, 0.2) is 18.2 Å². The first-order valence-corrected chi connectivity index (χ1v) is 7.55. The Kier molecular flexibility index (Phi) is 6.95. The highest BCUT2D eigenvalue weighted by Crippen LogP contribution is 2.37. The van der Waals surface area contributed by atoms with Crippen molar-refractivity contribution in [3.05, 3.63) is 29.3 Å². The molecule has 1 aromatic carbocycles. The van der Waals surface area contributed by atoms with Crippen molar-refractivity contribution < 1.29 is 35.1 Å². The number of thiocarbonyl (C=S) groups is 1. The fraction of sp³-hybridized carbons (Fsp3) is 0.364. The van der Waals surface area contributed by atoms with E-state index in [-0.39, 0.29) is 24.3 Å². The van der Waals surface area contributed by atoms with Gasteiger partial charge in [0.2, 0.25) is 0 Å². The van der Waals surface area contributed by atoms with Gasteiger partial charge >= 0.3 is 12.4 Å². The van der Waals surface area contributed by atoms with Gasteiger partial charge < -0.3 is 15.2 Å². The number of anilines is 1. The van der Waals surface area contributed by atoms with Gasteiger partial charge in [-0.1, -0.05) is 0 Å². The minimum Gasteiger partial charge on any atom is -0.760 e. The fourth-order valence-electron chi connectivity index (χ4n) is 1.51. The van der Waals surface area contributed by atoms with Crippen molar-refractivity contribution in [2.75, 3.05) is 18.4 Å². The third kappa shape index (κ3) is 6.98. The Morgan fingerprint density at radius 3 is 1.96 bits per heavy atom. The highest BCUT2D eigenvalue weighted by Gasteiger charge is 2.36. The fourth-order valence-corrected chi connectivity index (χ4v) is 2.00. The number of hydrogen-bond acceptors (Lipinski definition) is 3. The zero-order chi connectivity index (χ0) is 18.5. The molecule has 1 rings (SSSR count). The molecule has 0 aliphatic heterocycles. The van der Waals surface area contributed by atoms with E-state index in [1.165, 1.54) is 0 Å². The van der Waals surface area contributed by atoms with Crippen LogP contribution in [0.1, 0.15) is 11.1 Å². The van der Waals surface area contributed by atoms with Crippen LogP contribution >= 0.6 is 12.2 Å². The average molecular weight is 394 g/mol. The lowest BCUT2D eigenvalue weighted by atomic mass is 10.1. The summed E-state index contributed by atoms with van der Waals surface area (Å²) in [6, 6.07) is 0.956. The molecule has 0 saturated heterocycles. The molecule has 1 aromatic rings. The van der Waals surface area contributed by atoms with Crippen molar-refractivity contribution in [3.8, 4) is 0 Å². The van der Waals surface area contributed by atoms with Gasteiger partial charge in [0.25, 0.3) is 0 Å². The average Bonchev–Trinajstić information content (AvgIpc) is 2.41. The molecule has 0 saturated carbocycles. The maximum atomic E-state index is 12.7. The Hall–Kier alpha value is -1.44. The van der Waals surface area contributed by atoms with E-state index in [1.807, 2.05) is 4.72 Å². The van der Waals surface area contributed by atoms with Gasteiger partial charge in [-0.3, -0.25) is 4.21 Å². The van der Waals surface area contributed by atoms with Crippen LogP contribution in [0.5, 0.6) is 0 Å². The standard InChI is InChI=1S/C11H11F6N3O2S2/c12-10(13,14)6-3-7(11(15,16)17)5-8(4-6)20-9(23)18-1-2-19-24(21)22/h3-5,19H,1-2H2,(H,21,22)(H2,18,20,23)/p-1. The molecule has 0 aliphatic rings. The second-order valence-corrected chi connectivity index (χ2v) is 5.47. The summed E-state index contributed by atoms with van der Waals surface area (Å²) in [6.07, 6.45) is -9.93. The summed E-state index contributed by atoms with van der Waals surface area (Å²) >= 11 is 2.22. The van der Waals surface area contributed by atoms with Crippen molar-refractivity contribution in [1.82, 2.24) is 10.0 Å². The molecular weight excluding hydrogens is 384 g/mol. The first-order chi connectivity index (χ1) is 10.9. The molecule has 5 nitrogen and oxygen atoms in total. The number of benzene rings is 1. The third-order valence-corrected chi connectivity index (χ3v) is 3.16. The molecule has 0 fully saturated rings. The number of alkyl halides is 6. The van der Waals surface area contributed by atoms with E-state index >= 15 is 0 Å². The molecule has 1 atom stereocenters. The smallest absolute Gasteiger partial charge is 0.416 e. The molecular formula is C11H10F6N3O2S2-. The first-order valence-electron chi connectivity index (χ1n) is 6.06. The van der Waals surface area contributed by atoms with Gasteiger partial charge in [-0.2, -0.15) is 26.3 Å². The summed E-state index contributed by atoms with van der Waals surface area (Å²) in [7, 11) is 0. The Bertz CT molecular complexity index is 589. The van der Waals surface area contributed by atoms with Gasteiger partial charge in [0.05, 0.1) is 11.1 Å². The van der Waals surface area contributed by atoms with Gasteiger partial charge in [-0.15, -0.1) is 0 Å². The van der Waals surface area contributed by atoms with Crippen molar-refractivity contribution in [1.29, 1.82) is 0 Å². The summed E-state index contributed by atoms with van der Waals surface area (Å²) in [4.78, 5) is 0. The lowest BCUT2D eigenvalue weighted by Gasteiger charge is -2.16. The number of nitrogens with one attached hydrogen (secondary N) is 3. The summed E-state index contributed by atoms with van der Waals surface area (Å²) < 4.78 is 98.5. The summed E-state index contributed by atoms with van der Waals surface area (Å²) in [5.74, 6) is 0. The van der Waals surface area contributed by atoms with Gasteiger partial charge in [-0.25, -0.2) is 4.72 Å². The number of halogens is 6. The van der Waals surface area contributed by atoms with E-state index in [4.69, 9.17) is 12.2 Å². The molecule has 136 valence electrons. The third-order valence-electron chi connectivity index (χ3n) is 2.48. The van der Waals surface area contributed by atoms with Crippen LogP contribution in [-0.4, -0.2) is 27.0 Å². The molecule has 0 bridgehead atoms. The summed E-state index contributed by atoms with van der Waals surface area (Å²) in [6.45, 7) is -0.0980. The number of rotatable bonds is 5. The van der Waals surface area contributed by atoms with Crippen molar-refractivity contribution in [3.63, 3.8) is 0 Å². The Labute approximate surface area is 140 Å². The van der Waals surface area contributed by atoms with Gasteiger partial charge in [0.15, 0.2) is 5.11 Å². The zero-order valence-electron chi connectivity index (χ0n) is 11.5. The van der Waals surface area contributed by atoms with E-state index in [2.05, 4.69) is 10.6 Å². The van der Waals surface area contributed by atoms with E-state index < -0.39 is 40.4 Å². The molecule has 0 heterocycles. The van der Waals surface area contributed by atoms with Crippen LogP contribution < -0.4 is 15.4 Å². The molecule has 0 amide bonds. The molecule has 0 radical (unpaired) electrons. The minimum absolute atomic E-state index is 0.00482. The highest BCUT2D eigenvalue weighted by molar-refractivity contribution is 7.80. The Morgan fingerprint density at radius 2 is 1.54 bits per heavy atom. The number of hydrogen-bond donors (Lipinski definition) is 3. The Balaban J connectivity index is 2.86. The maximum absolute atomic E-state index is 12.7. The predicted molar refractivity (Wildman–Crippen MR) is 77.6 cm³/mol. The summed E-state index contributed by atoms with van der Waals surface area (Å²) in [5.41, 5.74) is -3.47.